The number of unbranched alkanes of at least 4 members (excludes halogenated alkanes) is 3. The van der Waals surface area contributed by atoms with Gasteiger partial charge in [0.05, 0.1) is 13.2 Å². The molecule has 0 spiro atoms. The molecule has 0 aromatic heterocycles. The number of ketones is 1. The van der Waals surface area contributed by atoms with E-state index in [4.69, 9.17) is 9.47 Å². The van der Waals surface area contributed by atoms with Crippen molar-refractivity contribution in [2.45, 2.75) is 64.8 Å². The minimum Gasteiger partial charge on any atom is -0.508 e. The second kappa shape index (κ2) is 14.6. The number of aromatic hydroxyl groups is 1. The fraction of sp³-hybridized carbons (Fsp3) is 0.591. The Morgan fingerprint density at radius 3 is 2.24 bits per heavy atom. The maximum atomic E-state index is 12.2. The SMILES string of the molecule is CCOC(=O)CCCCCCC(NCCC(=O)c1ccc(O)cc1)C(=O)OCC. The summed E-state index contributed by atoms with van der Waals surface area (Å²) in [6.07, 6.45) is 4.69. The van der Waals surface area contributed by atoms with Crippen molar-refractivity contribution >= 4 is 17.7 Å². The van der Waals surface area contributed by atoms with Crippen molar-refractivity contribution < 1.29 is 29.0 Å². The van der Waals surface area contributed by atoms with Gasteiger partial charge >= 0.3 is 11.9 Å². The van der Waals surface area contributed by atoms with Crippen LogP contribution in [0.2, 0.25) is 0 Å². The molecule has 1 unspecified atom stereocenters. The average molecular weight is 408 g/mol. The number of ether oxygens (including phenoxy) is 2. The van der Waals surface area contributed by atoms with Crippen molar-refractivity contribution in [3.8, 4) is 5.75 Å². The first kappa shape index (κ1) is 24.6. The third-order valence-corrected chi connectivity index (χ3v) is 4.43. The summed E-state index contributed by atoms with van der Waals surface area (Å²) in [7, 11) is 0. The number of esters is 2. The molecular formula is C22H33NO6. The number of carbonyl (C=O) groups excluding carboxylic acids is 3. The molecule has 0 aliphatic heterocycles. The summed E-state index contributed by atoms with van der Waals surface area (Å²) < 4.78 is 10.0. The molecule has 0 saturated heterocycles. The third-order valence-electron chi connectivity index (χ3n) is 4.43. The average Bonchev–Trinajstić information content (AvgIpc) is 2.69. The van der Waals surface area contributed by atoms with E-state index < -0.39 is 6.04 Å². The van der Waals surface area contributed by atoms with Gasteiger partial charge in [-0.3, -0.25) is 14.4 Å². The fourth-order valence-electron chi connectivity index (χ4n) is 2.90. The third kappa shape index (κ3) is 10.6. The molecule has 0 amide bonds. The zero-order valence-corrected chi connectivity index (χ0v) is 17.4. The van der Waals surface area contributed by atoms with Crippen molar-refractivity contribution in [3.63, 3.8) is 0 Å². The number of nitrogens with one attached hydrogen (secondary N) is 1. The van der Waals surface area contributed by atoms with Crippen molar-refractivity contribution in [1.82, 2.24) is 5.32 Å². The number of benzene rings is 1. The lowest BCUT2D eigenvalue weighted by molar-refractivity contribution is -0.146. The summed E-state index contributed by atoms with van der Waals surface area (Å²) in [6, 6.07) is 5.66. The number of hydrogen-bond donors (Lipinski definition) is 2. The number of phenols is 1. The van der Waals surface area contributed by atoms with E-state index in [1.165, 1.54) is 12.1 Å². The lowest BCUT2D eigenvalue weighted by Gasteiger charge is -2.17. The Morgan fingerprint density at radius 1 is 0.931 bits per heavy atom. The molecule has 7 heteroatoms. The molecule has 1 atom stereocenters. The Morgan fingerprint density at radius 2 is 1.59 bits per heavy atom. The fourth-order valence-corrected chi connectivity index (χ4v) is 2.90. The second-order valence-corrected chi connectivity index (χ2v) is 6.74. The molecule has 1 rings (SSSR count). The van der Waals surface area contributed by atoms with Gasteiger partial charge in [0, 0.05) is 24.9 Å². The summed E-state index contributed by atoms with van der Waals surface area (Å²) in [6.45, 7) is 4.63. The summed E-state index contributed by atoms with van der Waals surface area (Å²) in [5.41, 5.74) is 0.527. The molecule has 0 aliphatic rings. The van der Waals surface area contributed by atoms with Crippen LogP contribution in [0.15, 0.2) is 24.3 Å². The summed E-state index contributed by atoms with van der Waals surface area (Å²) in [5.74, 6) is -0.420. The van der Waals surface area contributed by atoms with Gasteiger partial charge in [0.15, 0.2) is 5.78 Å². The lowest BCUT2D eigenvalue weighted by Crippen LogP contribution is -2.39. The highest BCUT2D eigenvalue weighted by Gasteiger charge is 2.19. The lowest BCUT2D eigenvalue weighted by atomic mass is 10.1. The second-order valence-electron chi connectivity index (χ2n) is 6.74. The summed E-state index contributed by atoms with van der Waals surface area (Å²) >= 11 is 0. The first-order valence-corrected chi connectivity index (χ1v) is 10.4. The van der Waals surface area contributed by atoms with E-state index in [0.717, 1.165) is 25.7 Å². The maximum Gasteiger partial charge on any atom is 0.323 e. The van der Waals surface area contributed by atoms with Gasteiger partial charge in [0.1, 0.15) is 11.8 Å². The van der Waals surface area contributed by atoms with Gasteiger partial charge < -0.3 is 19.9 Å². The standard InChI is InChI=1S/C22H33NO6/c1-3-28-21(26)10-8-6-5-7-9-19(22(27)29-4-2)23-16-15-20(25)17-11-13-18(24)14-12-17/h11-14,19,23-24H,3-10,15-16H2,1-2H3. The van der Waals surface area contributed by atoms with Crippen LogP contribution in [0.5, 0.6) is 5.75 Å². The van der Waals surface area contributed by atoms with Crippen molar-refractivity contribution in [1.29, 1.82) is 0 Å². The van der Waals surface area contributed by atoms with E-state index in [1.54, 1.807) is 26.0 Å². The molecule has 162 valence electrons. The van der Waals surface area contributed by atoms with Gasteiger partial charge in [-0.25, -0.2) is 0 Å². The molecule has 0 heterocycles. The molecule has 29 heavy (non-hydrogen) atoms. The Hall–Kier alpha value is -2.41. The van der Waals surface area contributed by atoms with Crippen LogP contribution in [-0.4, -0.2) is 48.6 Å². The summed E-state index contributed by atoms with van der Waals surface area (Å²) in [5, 5.41) is 12.4. The number of phenolic OH excluding ortho intramolecular Hbond substituents is 1. The van der Waals surface area contributed by atoms with Gasteiger partial charge in [0.2, 0.25) is 0 Å². The topological polar surface area (TPSA) is 102 Å². The van der Waals surface area contributed by atoms with Gasteiger partial charge in [-0.15, -0.1) is 0 Å². The van der Waals surface area contributed by atoms with Gasteiger partial charge in [0.25, 0.3) is 0 Å². The highest BCUT2D eigenvalue weighted by molar-refractivity contribution is 5.96. The predicted octanol–water partition coefficient (Wildman–Crippen LogP) is 3.39. The van der Waals surface area contributed by atoms with Crippen molar-refractivity contribution in [2.75, 3.05) is 19.8 Å². The van der Waals surface area contributed by atoms with Gasteiger partial charge in [-0.05, 0) is 51.0 Å². The molecule has 1 aromatic carbocycles. The van der Waals surface area contributed by atoms with Gasteiger partial charge in [-0.2, -0.15) is 0 Å². The highest BCUT2D eigenvalue weighted by Crippen LogP contribution is 2.12. The smallest absolute Gasteiger partial charge is 0.323 e. The minimum absolute atomic E-state index is 0.0564. The van der Waals surface area contributed by atoms with Crippen molar-refractivity contribution in [3.05, 3.63) is 29.8 Å². The number of Topliss-reactive ketones (excluding diaryl/α,β-unsaturated/α-hetero) is 1. The van der Waals surface area contributed by atoms with Gasteiger partial charge in [-0.1, -0.05) is 19.3 Å². The normalized spacial score (nSPS) is 11.7. The number of hydrogen-bond acceptors (Lipinski definition) is 7. The molecule has 0 radical (unpaired) electrons. The Bertz CT molecular complexity index is 629. The van der Waals surface area contributed by atoms with E-state index >= 15 is 0 Å². The van der Waals surface area contributed by atoms with Crippen LogP contribution >= 0.6 is 0 Å². The van der Waals surface area contributed by atoms with Crippen LogP contribution < -0.4 is 5.32 Å². The molecule has 0 bridgehead atoms. The van der Waals surface area contributed by atoms with Crippen LogP contribution in [0.4, 0.5) is 0 Å². The van der Waals surface area contributed by atoms with E-state index in [2.05, 4.69) is 5.32 Å². The molecule has 2 N–H and O–H groups in total. The zero-order valence-electron chi connectivity index (χ0n) is 17.4. The first-order valence-electron chi connectivity index (χ1n) is 10.4. The monoisotopic (exact) mass is 407 g/mol. The number of rotatable bonds is 15. The quantitative estimate of drug-likeness (QED) is 0.261. The Labute approximate surface area is 172 Å². The van der Waals surface area contributed by atoms with E-state index in [0.29, 0.717) is 38.2 Å². The minimum atomic E-state index is -0.451. The highest BCUT2D eigenvalue weighted by atomic mass is 16.5. The molecule has 0 fully saturated rings. The molecule has 0 aliphatic carbocycles. The molecule has 0 saturated carbocycles. The molecule has 1 aromatic rings. The van der Waals surface area contributed by atoms with E-state index in [1.807, 2.05) is 0 Å². The maximum absolute atomic E-state index is 12.2. The van der Waals surface area contributed by atoms with Crippen LogP contribution in [0.3, 0.4) is 0 Å². The largest absolute Gasteiger partial charge is 0.508 e. The zero-order chi connectivity index (χ0) is 21.5. The molecule has 7 nitrogen and oxygen atoms in total. The van der Waals surface area contributed by atoms with Crippen LogP contribution in [0.1, 0.15) is 69.2 Å². The Balaban J connectivity index is 2.34. The van der Waals surface area contributed by atoms with E-state index in [9.17, 15) is 19.5 Å². The van der Waals surface area contributed by atoms with E-state index in [-0.39, 0.29) is 29.9 Å². The first-order chi connectivity index (χ1) is 14.0. The molecular weight excluding hydrogens is 374 g/mol. The van der Waals surface area contributed by atoms with Crippen LogP contribution in [-0.2, 0) is 19.1 Å². The van der Waals surface area contributed by atoms with Crippen LogP contribution in [0, 0.1) is 0 Å². The number of carbonyl (C=O) groups is 3. The summed E-state index contributed by atoms with van der Waals surface area (Å²) in [4.78, 5) is 35.6. The van der Waals surface area contributed by atoms with Crippen molar-refractivity contribution in [2.24, 2.45) is 0 Å². The van der Waals surface area contributed by atoms with Crippen LogP contribution in [0.25, 0.3) is 0 Å². The predicted molar refractivity (Wildman–Crippen MR) is 110 cm³/mol. The Kier molecular flexibility index (Phi) is 12.4.